The van der Waals surface area contributed by atoms with E-state index in [0.717, 1.165) is 42.4 Å². The Bertz CT molecular complexity index is 871. The van der Waals surface area contributed by atoms with E-state index in [1.165, 1.54) is 5.56 Å². The lowest BCUT2D eigenvalue weighted by molar-refractivity contribution is -0.126. The van der Waals surface area contributed by atoms with Crippen molar-refractivity contribution in [3.8, 4) is 0 Å². The lowest BCUT2D eigenvalue weighted by Gasteiger charge is -2.23. The zero-order valence-electron chi connectivity index (χ0n) is 14.1. The molecule has 2 aromatic rings. The van der Waals surface area contributed by atoms with Gasteiger partial charge in [-0.05, 0) is 55.5 Å². The molecule has 4 heterocycles. The minimum absolute atomic E-state index is 0.0686. The van der Waals surface area contributed by atoms with Crippen molar-refractivity contribution in [3.05, 3.63) is 45.3 Å². The summed E-state index contributed by atoms with van der Waals surface area (Å²) in [4.78, 5) is 26.3. The SMILES string of the molecule is Cc1cc2oc(=O)cc(CN3C[C@@H]4CC[C@H](C3)C(=O)N4)c2cc1C. The average molecular weight is 326 g/mol. The number of amides is 1. The zero-order chi connectivity index (χ0) is 16.8. The molecule has 5 nitrogen and oxygen atoms in total. The van der Waals surface area contributed by atoms with Gasteiger partial charge in [0.05, 0.1) is 5.92 Å². The van der Waals surface area contributed by atoms with Gasteiger partial charge in [0.1, 0.15) is 5.58 Å². The van der Waals surface area contributed by atoms with Crippen molar-refractivity contribution >= 4 is 16.9 Å². The van der Waals surface area contributed by atoms with Gasteiger partial charge < -0.3 is 9.73 Å². The Kier molecular flexibility index (Phi) is 3.68. The van der Waals surface area contributed by atoms with Crippen LogP contribution in [-0.2, 0) is 11.3 Å². The molecule has 2 bridgehead atoms. The van der Waals surface area contributed by atoms with Gasteiger partial charge in [-0.3, -0.25) is 9.69 Å². The second-order valence-electron chi connectivity index (χ2n) is 7.20. The van der Waals surface area contributed by atoms with Crippen LogP contribution in [0.15, 0.2) is 27.4 Å². The van der Waals surface area contributed by atoms with Crippen LogP contribution in [0.3, 0.4) is 0 Å². The highest BCUT2D eigenvalue weighted by molar-refractivity contribution is 5.82. The summed E-state index contributed by atoms with van der Waals surface area (Å²) in [6, 6.07) is 5.86. The van der Waals surface area contributed by atoms with Crippen LogP contribution in [0.25, 0.3) is 11.0 Å². The predicted molar refractivity (Wildman–Crippen MR) is 91.9 cm³/mol. The van der Waals surface area contributed by atoms with Crippen LogP contribution >= 0.6 is 0 Å². The molecular weight excluding hydrogens is 304 g/mol. The van der Waals surface area contributed by atoms with Gasteiger partial charge in [-0.1, -0.05) is 0 Å². The number of piperidine rings is 1. The average Bonchev–Trinajstić information content (AvgIpc) is 2.79. The fraction of sp³-hybridized carbons (Fsp3) is 0.474. The first-order chi connectivity index (χ1) is 11.5. The van der Waals surface area contributed by atoms with Gasteiger partial charge in [-0.25, -0.2) is 4.79 Å². The molecule has 5 rings (SSSR count). The van der Waals surface area contributed by atoms with Crippen LogP contribution in [-0.4, -0.2) is 29.9 Å². The molecule has 0 unspecified atom stereocenters. The van der Waals surface area contributed by atoms with Gasteiger partial charge in [-0.15, -0.1) is 0 Å². The normalized spacial score (nSPS) is 24.2. The van der Waals surface area contributed by atoms with E-state index in [0.29, 0.717) is 12.1 Å². The Morgan fingerprint density at radius 1 is 1.12 bits per heavy atom. The van der Waals surface area contributed by atoms with Crippen molar-refractivity contribution in [1.29, 1.82) is 0 Å². The van der Waals surface area contributed by atoms with Gasteiger partial charge in [0.15, 0.2) is 0 Å². The first kappa shape index (κ1) is 15.4. The Morgan fingerprint density at radius 2 is 1.92 bits per heavy atom. The molecule has 0 spiro atoms. The van der Waals surface area contributed by atoms with Crippen molar-refractivity contribution < 1.29 is 9.21 Å². The molecule has 0 radical (unpaired) electrons. The number of hydrogen-bond acceptors (Lipinski definition) is 4. The van der Waals surface area contributed by atoms with E-state index >= 15 is 0 Å². The molecule has 1 amide bonds. The molecule has 3 saturated heterocycles. The molecule has 1 aromatic heterocycles. The summed E-state index contributed by atoms with van der Waals surface area (Å²) in [6.07, 6.45) is 2.01. The van der Waals surface area contributed by atoms with E-state index in [2.05, 4.69) is 23.2 Å². The topological polar surface area (TPSA) is 62.6 Å². The van der Waals surface area contributed by atoms with Crippen molar-refractivity contribution in [2.24, 2.45) is 5.92 Å². The third-order valence-electron chi connectivity index (χ3n) is 5.38. The highest BCUT2D eigenvalue weighted by atomic mass is 16.4. The molecule has 0 aliphatic carbocycles. The summed E-state index contributed by atoms with van der Waals surface area (Å²) in [5, 5.41) is 4.09. The molecular formula is C19H22N2O3. The van der Waals surface area contributed by atoms with E-state index in [1.807, 2.05) is 13.0 Å². The van der Waals surface area contributed by atoms with Gasteiger partial charge >= 0.3 is 5.63 Å². The fourth-order valence-electron chi connectivity index (χ4n) is 3.92. The third kappa shape index (κ3) is 2.73. The summed E-state index contributed by atoms with van der Waals surface area (Å²) in [5.74, 6) is 0.247. The summed E-state index contributed by atoms with van der Waals surface area (Å²) < 4.78 is 5.38. The first-order valence-corrected chi connectivity index (χ1v) is 8.56. The number of rotatable bonds is 2. The lowest BCUT2D eigenvalue weighted by Crippen LogP contribution is -2.43. The number of carbonyl (C=O) groups is 1. The Hall–Kier alpha value is -2.14. The zero-order valence-corrected chi connectivity index (χ0v) is 14.1. The highest BCUT2D eigenvalue weighted by Gasteiger charge is 2.34. The van der Waals surface area contributed by atoms with Crippen LogP contribution in [0.4, 0.5) is 0 Å². The van der Waals surface area contributed by atoms with Crippen molar-refractivity contribution in [2.75, 3.05) is 13.1 Å². The molecule has 0 saturated carbocycles. The van der Waals surface area contributed by atoms with Crippen molar-refractivity contribution in [2.45, 2.75) is 39.3 Å². The smallest absolute Gasteiger partial charge is 0.336 e. The Morgan fingerprint density at radius 3 is 2.71 bits per heavy atom. The minimum atomic E-state index is -0.312. The second kappa shape index (κ2) is 5.74. The van der Waals surface area contributed by atoms with E-state index < -0.39 is 0 Å². The number of carbonyl (C=O) groups excluding carboxylic acids is 1. The molecule has 1 N–H and O–H groups in total. The van der Waals surface area contributed by atoms with Crippen molar-refractivity contribution in [3.63, 3.8) is 0 Å². The maximum Gasteiger partial charge on any atom is 0.336 e. The molecule has 3 aliphatic heterocycles. The quantitative estimate of drug-likeness (QED) is 0.859. The number of aryl methyl sites for hydroxylation is 2. The largest absolute Gasteiger partial charge is 0.423 e. The maximum absolute atomic E-state index is 12.0. The number of hydrogen-bond donors (Lipinski definition) is 1. The maximum atomic E-state index is 12.0. The van der Waals surface area contributed by atoms with Crippen molar-refractivity contribution in [1.82, 2.24) is 10.2 Å². The summed E-state index contributed by atoms with van der Waals surface area (Å²) in [5.41, 5.74) is 3.62. The predicted octanol–water partition coefficient (Wildman–Crippen LogP) is 2.12. The Labute approximate surface area is 140 Å². The molecule has 24 heavy (non-hydrogen) atoms. The first-order valence-electron chi connectivity index (χ1n) is 8.56. The molecule has 2 atom stereocenters. The van der Waals surface area contributed by atoms with Gasteiger partial charge in [-0.2, -0.15) is 0 Å². The number of nitrogens with zero attached hydrogens (tertiary/aromatic N) is 1. The minimum Gasteiger partial charge on any atom is -0.423 e. The van der Waals surface area contributed by atoms with E-state index in [4.69, 9.17) is 4.42 Å². The van der Waals surface area contributed by atoms with Gasteiger partial charge in [0.2, 0.25) is 5.91 Å². The van der Waals surface area contributed by atoms with E-state index in [9.17, 15) is 9.59 Å². The van der Waals surface area contributed by atoms with Gasteiger partial charge in [0, 0.05) is 37.1 Å². The van der Waals surface area contributed by atoms with E-state index in [-0.39, 0.29) is 23.5 Å². The summed E-state index contributed by atoms with van der Waals surface area (Å²) in [7, 11) is 0. The van der Waals surface area contributed by atoms with Crippen LogP contribution < -0.4 is 10.9 Å². The summed E-state index contributed by atoms with van der Waals surface area (Å²) >= 11 is 0. The Balaban J connectivity index is 1.70. The molecule has 126 valence electrons. The summed E-state index contributed by atoms with van der Waals surface area (Å²) in [6.45, 7) is 6.36. The third-order valence-corrected chi connectivity index (χ3v) is 5.38. The fourth-order valence-corrected chi connectivity index (χ4v) is 3.92. The number of fused-ring (bicyclic) bond motifs is 5. The molecule has 3 aliphatic rings. The van der Waals surface area contributed by atoms with Crippen LogP contribution in [0.2, 0.25) is 0 Å². The molecule has 1 aromatic carbocycles. The lowest BCUT2D eigenvalue weighted by atomic mass is 9.96. The standard InChI is InChI=1S/C19H22N2O3/c1-11-5-16-14(7-18(22)24-17(16)6-12(11)2)9-21-8-13-3-4-15(10-21)20-19(13)23/h5-7,13,15H,3-4,8-10H2,1-2H3,(H,20,23)/t13-,15+/m1/s1. The van der Waals surface area contributed by atoms with Crippen LogP contribution in [0.1, 0.15) is 29.5 Å². The number of nitrogens with one attached hydrogen (secondary N) is 1. The van der Waals surface area contributed by atoms with E-state index in [1.54, 1.807) is 6.07 Å². The monoisotopic (exact) mass is 326 g/mol. The second-order valence-corrected chi connectivity index (χ2v) is 7.20. The van der Waals surface area contributed by atoms with Gasteiger partial charge in [0.25, 0.3) is 0 Å². The van der Waals surface area contributed by atoms with Crippen LogP contribution in [0, 0.1) is 19.8 Å². The number of benzene rings is 1. The highest BCUT2D eigenvalue weighted by Crippen LogP contribution is 2.26. The molecule has 3 fully saturated rings. The molecule has 5 heteroatoms. The van der Waals surface area contributed by atoms with Crippen LogP contribution in [0.5, 0.6) is 0 Å².